The molecular formula is C12H12F2O4. The first-order valence-corrected chi connectivity index (χ1v) is 5.40. The van der Waals surface area contributed by atoms with E-state index in [-0.39, 0.29) is 42.3 Å². The Labute approximate surface area is 102 Å². The van der Waals surface area contributed by atoms with Gasteiger partial charge in [-0.25, -0.2) is 8.78 Å². The Morgan fingerprint density at radius 1 is 1.39 bits per heavy atom. The average molecular weight is 258 g/mol. The van der Waals surface area contributed by atoms with Gasteiger partial charge in [-0.3, -0.25) is 4.79 Å². The summed E-state index contributed by atoms with van der Waals surface area (Å²) in [6.07, 6.45) is -0.379. The van der Waals surface area contributed by atoms with Crippen molar-refractivity contribution in [3.05, 3.63) is 23.3 Å². The monoisotopic (exact) mass is 258 g/mol. The third kappa shape index (κ3) is 2.52. The molecule has 0 spiro atoms. The van der Waals surface area contributed by atoms with E-state index in [1.165, 1.54) is 6.07 Å². The van der Waals surface area contributed by atoms with Crippen LogP contribution < -0.4 is 9.47 Å². The first-order valence-electron chi connectivity index (χ1n) is 5.40. The summed E-state index contributed by atoms with van der Waals surface area (Å²) in [6, 6.07) is 2.35. The van der Waals surface area contributed by atoms with Crippen LogP contribution in [0.4, 0.5) is 8.78 Å². The number of benzene rings is 1. The number of rotatable bonds is 3. The highest BCUT2D eigenvalue weighted by molar-refractivity contribution is 5.72. The van der Waals surface area contributed by atoms with Crippen molar-refractivity contribution in [1.82, 2.24) is 0 Å². The molecule has 1 N–H and O–H groups in total. The molecule has 6 heteroatoms. The summed E-state index contributed by atoms with van der Waals surface area (Å²) < 4.78 is 37.1. The molecule has 0 bridgehead atoms. The zero-order valence-corrected chi connectivity index (χ0v) is 9.70. The highest BCUT2D eigenvalue weighted by Crippen LogP contribution is 2.39. The summed E-state index contributed by atoms with van der Waals surface area (Å²) in [7, 11) is 0. The topological polar surface area (TPSA) is 55.8 Å². The fourth-order valence-corrected chi connectivity index (χ4v) is 1.77. The SMILES string of the molecule is CC(F)(F)c1cc(CC(=O)O)c2c(c1)OCCO2. The summed E-state index contributed by atoms with van der Waals surface area (Å²) in [5.74, 6) is -3.74. The van der Waals surface area contributed by atoms with Crippen LogP contribution >= 0.6 is 0 Å². The van der Waals surface area contributed by atoms with Gasteiger partial charge in [0.05, 0.1) is 6.42 Å². The number of carboxylic acid groups (broad SMARTS) is 1. The number of carboxylic acids is 1. The lowest BCUT2D eigenvalue weighted by atomic mass is 10.0. The van der Waals surface area contributed by atoms with Crippen LogP contribution in [0.5, 0.6) is 11.5 Å². The lowest BCUT2D eigenvalue weighted by Crippen LogP contribution is -2.19. The minimum atomic E-state index is -3.05. The lowest BCUT2D eigenvalue weighted by molar-refractivity contribution is -0.136. The van der Waals surface area contributed by atoms with Crippen LogP contribution in [-0.4, -0.2) is 24.3 Å². The van der Waals surface area contributed by atoms with E-state index in [9.17, 15) is 13.6 Å². The minimum Gasteiger partial charge on any atom is -0.486 e. The van der Waals surface area contributed by atoms with E-state index in [2.05, 4.69) is 0 Å². The van der Waals surface area contributed by atoms with Crippen LogP contribution in [0, 0.1) is 0 Å². The number of hydrogen-bond donors (Lipinski definition) is 1. The summed E-state index contributed by atoms with van der Waals surface area (Å²) in [5.41, 5.74) is -0.0702. The predicted octanol–water partition coefficient (Wildman–Crippen LogP) is 2.20. The molecule has 1 aromatic rings. The van der Waals surface area contributed by atoms with Crippen LogP contribution in [0.1, 0.15) is 18.1 Å². The van der Waals surface area contributed by atoms with Crippen LogP contribution in [0.15, 0.2) is 12.1 Å². The first kappa shape index (κ1) is 12.6. The quantitative estimate of drug-likeness (QED) is 0.903. The van der Waals surface area contributed by atoms with E-state index < -0.39 is 11.9 Å². The highest BCUT2D eigenvalue weighted by Gasteiger charge is 2.29. The van der Waals surface area contributed by atoms with Gasteiger partial charge in [-0.2, -0.15) is 0 Å². The number of ether oxygens (including phenoxy) is 2. The number of carbonyl (C=O) groups is 1. The molecule has 4 nitrogen and oxygen atoms in total. The van der Waals surface area contributed by atoms with Crippen molar-refractivity contribution in [3.63, 3.8) is 0 Å². The maximum absolute atomic E-state index is 13.3. The van der Waals surface area contributed by atoms with Crippen molar-refractivity contribution in [2.75, 3.05) is 13.2 Å². The van der Waals surface area contributed by atoms with Gasteiger partial charge < -0.3 is 14.6 Å². The maximum atomic E-state index is 13.3. The second-order valence-corrected chi connectivity index (χ2v) is 4.12. The fourth-order valence-electron chi connectivity index (χ4n) is 1.77. The molecule has 0 saturated carbocycles. The van der Waals surface area contributed by atoms with Gasteiger partial charge in [0.25, 0.3) is 5.92 Å². The molecule has 0 atom stereocenters. The van der Waals surface area contributed by atoms with E-state index in [0.29, 0.717) is 0 Å². The highest BCUT2D eigenvalue weighted by atomic mass is 19.3. The molecule has 98 valence electrons. The Hall–Kier alpha value is -1.85. The Morgan fingerprint density at radius 2 is 2.06 bits per heavy atom. The molecule has 0 aromatic heterocycles. The van der Waals surface area contributed by atoms with Crippen molar-refractivity contribution in [1.29, 1.82) is 0 Å². The number of hydrogen-bond acceptors (Lipinski definition) is 3. The van der Waals surface area contributed by atoms with Crippen LogP contribution in [-0.2, 0) is 17.1 Å². The first-order chi connectivity index (χ1) is 8.38. The van der Waals surface area contributed by atoms with Crippen molar-refractivity contribution in [3.8, 4) is 11.5 Å². The second-order valence-electron chi connectivity index (χ2n) is 4.12. The molecule has 0 radical (unpaired) electrons. The third-order valence-electron chi connectivity index (χ3n) is 2.57. The zero-order chi connectivity index (χ0) is 13.3. The van der Waals surface area contributed by atoms with Crippen LogP contribution in [0.3, 0.4) is 0 Å². The van der Waals surface area contributed by atoms with Crippen molar-refractivity contribution in [2.24, 2.45) is 0 Å². The average Bonchev–Trinajstić information content (AvgIpc) is 2.27. The van der Waals surface area contributed by atoms with E-state index in [4.69, 9.17) is 14.6 Å². The summed E-state index contributed by atoms with van der Waals surface area (Å²) >= 11 is 0. The van der Waals surface area contributed by atoms with Gasteiger partial charge in [0.1, 0.15) is 13.2 Å². The van der Waals surface area contributed by atoms with Gasteiger partial charge in [0.2, 0.25) is 0 Å². The molecule has 1 aromatic carbocycles. The zero-order valence-electron chi connectivity index (χ0n) is 9.70. The molecule has 1 aliphatic heterocycles. The molecule has 2 rings (SSSR count). The number of alkyl halides is 2. The number of aliphatic carboxylic acids is 1. The normalized spacial score (nSPS) is 14.4. The van der Waals surface area contributed by atoms with Gasteiger partial charge >= 0.3 is 5.97 Å². The van der Waals surface area contributed by atoms with E-state index in [0.717, 1.165) is 13.0 Å². The largest absolute Gasteiger partial charge is 0.486 e. The maximum Gasteiger partial charge on any atom is 0.307 e. The predicted molar refractivity (Wildman–Crippen MR) is 58.3 cm³/mol. The molecule has 18 heavy (non-hydrogen) atoms. The Kier molecular flexibility index (Phi) is 3.11. The van der Waals surface area contributed by atoms with Gasteiger partial charge in [-0.05, 0) is 12.1 Å². The molecule has 0 amide bonds. The van der Waals surface area contributed by atoms with Crippen LogP contribution in [0.25, 0.3) is 0 Å². The Balaban J connectivity index is 2.51. The smallest absolute Gasteiger partial charge is 0.307 e. The van der Waals surface area contributed by atoms with Gasteiger partial charge in [0, 0.05) is 18.1 Å². The fraction of sp³-hybridized carbons (Fsp3) is 0.417. The van der Waals surface area contributed by atoms with Gasteiger partial charge in [-0.15, -0.1) is 0 Å². The number of fused-ring (bicyclic) bond motifs is 1. The molecule has 1 aliphatic rings. The second kappa shape index (κ2) is 4.44. The molecule has 0 unspecified atom stereocenters. The van der Waals surface area contributed by atoms with Crippen molar-refractivity contribution < 1.29 is 28.2 Å². The third-order valence-corrected chi connectivity index (χ3v) is 2.57. The molecule has 0 fully saturated rings. The minimum absolute atomic E-state index is 0.177. The summed E-state index contributed by atoms with van der Waals surface area (Å²) in [4.78, 5) is 10.7. The Morgan fingerprint density at radius 3 is 2.67 bits per heavy atom. The van der Waals surface area contributed by atoms with E-state index in [1.54, 1.807) is 0 Å². The number of halogens is 2. The molecular weight excluding hydrogens is 246 g/mol. The van der Waals surface area contributed by atoms with Crippen molar-refractivity contribution in [2.45, 2.75) is 19.3 Å². The Bertz CT molecular complexity index is 480. The van der Waals surface area contributed by atoms with Gasteiger partial charge in [-0.1, -0.05) is 0 Å². The van der Waals surface area contributed by atoms with E-state index >= 15 is 0 Å². The standard InChI is InChI=1S/C12H12F2O4/c1-12(13,14)8-4-7(5-10(15)16)11-9(6-8)17-2-3-18-11/h4,6H,2-3,5H2,1H3,(H,15,16). The van der Waals surface area contributed by atoms with Gasteiger partial charge in [0.15, 0.2) is 11.5 Å². The molecule has 1 heterocycles. The summed E-state index contributed by atoms with van der Waals surface area (Å²) in [6.45, 7) is 1.29. The van der Waals surface area contributed by atoms with Crippen molar-refractivity contribution >= 4 is 5.97 Å². The molecule has 0 aliphatic carbocycles. The summed E-state index contributed by atoms with van der Waals surface area (Å²) in [5, 5.41) is 8.78. The lowest BCUT2D eigenvalue weighted by Gasteiger charge is -2.23. The van der Waals surface area contributed by atoms with Crippen LogP contribution in [0.2, 0.25) is 0 Å². The van der Waals surface area contributed by atoms with E-state index in [1.807, 2.05) is 0 Å². The molecule has 0 saturated heterocycles.